The van der Waals surface area contributed by atoms with E-state index >= 15 is 0 Å². The summed E-state index contributed by atoms with van der Waals surface area (Å²) in [5, 5.41) is 3.76. The van der Waals surface area contributed by atoms with E-state index in [1.54, 1.807) is 6.92 Å². The number of aromatic nitrogens is 2. The van der Waals surface area contributed by atoms with Gasteiger partial charge in [-0.15, -0.1) is 0 Å². The second-order valence-corrected chi connectivity index (χ2v) is 4.84. The molecule has 0 aliphatic carbocycles. The molecule has 0 saturated carbocycles. The summed E-state index contributed by atoms with van der Waals surface area (Å²) >= 11 is 0. The lowest BCUT2D eigenvalue weighted by atomic mass is 10.1. The molecule has 1 unspecified atom stereocenters. The second kappa shape index (κ2) is 5.36. The highest BCUT2D eigenvalue weighted by Gasteiger charge is 2.30. The fourth-order valence-electron chi connectivity index (χ4n) is 2.05. The maximum Gasteiger partial charge on any atom is 0.416 e. The van der Waals surface area contributed by atoms with Crippen LogP contribution in [0.2, 0.25) is 0 Å². The van der Waals surface area contributed by atoms with Gasteiger partial charge < -0.3 is 5.32 Å². The number of nitrogens with zero attached hydrogens (tertiary/aromatic N) is 2. The predicted octanol–water partition coefficient (Wildman–Crippen LogP) is 3.11. The van der Waals surface area contributed by atoms with Crippen LogP contribution < -0.4 is 5.32 Å². The normalized spacial score (nSPS) is 13.7. The molecular weight excluding hydrogens is 267 g/mol. The molecule has 1 aromatic heterocycles. The largest absolute Gasteiger partial charge is 0.416 e. The highest BCUT2D eigenvalue weighted by Crippen LogP contribution is 2.31. The van der Waals surface area contributed by atoms with Crippen LogP contribution in [-0.4, -0.2) is 23.1 Å². The van der Waals surface area contributed by atoms with E-state index in [0.29, 0.717) is 23.1 Å². The Morgan fingerprint density at radius 1 is 1.25 bits per heavy atom. The highest BCUT2D eigenvalue weighted by molar-refractivity contribution is 5.81. The summed E-state index contributed by atoms with van der Waals surface area (Å²) in [5.74, 6) is 0.482. The first kappa shape index (κ1) is 14.7. The Bertz CT molecular complexity index is 623. The molecule has 0 spiro atoms. The first-order valence-corrected chi connectivity index (χ1v) is 6.33. The van der Waals surface area contributed by atoms with Crippen molar-refractivity contribution in [1.29, 1.82) is 0 Å². The van der Waals surface area contributed by atoms with Crippen LogP contribution in [0.4, 0.5) is 13.2 Å². The molecule has 0 amide bonds. The zero-order valence-electron chi connectivity index (χ0n) is 11.5. The number of likely N-dealkylation sites (N-methyl/N-ethyl adjacent to an activating group) is 1. The molecule has 2 aromatic rings. The van der Waals surface area contributed by atoms with Crippen molar-refractivity contribution in [3.8, 4) is 0 Å². The van der Waals surface area contributed by atoms with Gasteiger partial charge in [0.1, 0.15) is 5.82 Å². The summed E-state index contributed by atoms with van der Waals surface area (Å²) in [7, 11) is 1.84. The molecule has 1 N–H and O–H groups in total. The van der Waals surface area contributed by atoms with Crippen molar-refractivity contribution < 1.29 is 13.2 Å². The molecule has 0 aliphatic heterocycles. The molecule has 3 nitrogen and oxygen atoms in total. The maximum atomic E-state index is 12.7. The van der Waals surface area contributed by atoms with Gasteiger partial charge in [-0.3, -0.25) is 0 Å². The molecule has 0 fully saturated rings. The lowest BCUT2D eigenvalue weighted by Crippen LogP contribution is -2.24. The zero-order valence-corrected chi connectivity index (χ0v) is 11.5. The van der Waals surface area contributed by atoms with Gasteiger partial charge >= 0.3 is 6.18 Å². The van der Waals surface area contributed by atoms with Gasteiger partial charge in [-0.2, -0.15) is 13.2 Å². The van der Waals surface area contributed by atoms with Gasteiger partial charge in [0.05, 0.1) is 16.8 Å². The third-order valence-corrected chi connectivity index (χ3v) is 3.21. The molecule has 0 radical (unpaired) electrons. The molecule has 6 heteroatoms. The van der Waals surface area contributed by atoms with Gasteiger partial charge in [0.15, 0.2) is 0 Å². The lowest BCUT2D eigenvalue weighted by Gasteiger charge is -2.13. The van der Waals surface area contributed by atoms with E-state index < -0.39 is 11.7 Å². The number of benzene rings is 1. The van der Waals surface area contributed by atoms with Crippen LogP contribution in [0.3, 0.4) is 0 Å². The van der Waals surface area contributed by atoms with E-state index in [-0.39, 0.29) is 6.04 Å². The first-order valence-electron chi connectivity index (χ1n) is 6.33. The van der Waals surface area contributed by atoms with Crippen LogP contribution in [0.1, 0.15) is 24.0 Å². The van der Waals surface area contributed by atoms with Gasteiger partial charge in [0.25, 0.3) is 0 Å². The Morgan fingerprint density at radius 3 is 2.55 bits per heavy atom. The molecule has 1 heterocycles. The molecule has 1 atom stereocenters. The first-order chi connectivity index (χ1) is 9.31. The van der Waals surface area contributed by atoms with Gasteiger partial charge in [0.2, 0.25) is 0 Å². The smallest absolute Gasteiger partial charge is 0.317 e. The number of rotatable bonds is 3. The maximum absolute atomic E-state index is 12.7. The zero-order chi connectivity index (χ0) is 14.9. The molecule has 1 aromatic carbocycles. The predicted molar refractivity (Wildman–Crippen MR) is 71.5 cm³/mol. The van der Waals surface area contributed by atoms with Crippen LogP contribution in [0, 0.1) is 6.92 Å². The van der Waals surface area contributed by atoms with Gasteiger partial charge in [-0.25, -0.2) is 9.97 Å². The van der Waals surface area contributed by atoms with Crippen LogP contribution in [-0.2, 0) is 12.6 Å². The molecule has 0 bridgehead atoms. The van der Waals surface area contributed by atoms with Crippen molar-refractivity contribution in [3.05, 3.63) is 35.3 Å². The summed E-state index contributed by atoms with van der Waals surface area (Å²) < 4.78 is 38.2. The van der Waals surface area contributed by atoms with E-state index in [2.05, 4.69) is 15.3 Å². The number of aryl methyl sites for hydroxylation is 1. The molecule has 0 aliphatic rings. The van der Waals surface area contributed by atoms with E-state index in [4.69, 9.17) is 0 Å². The Hall–Kier alpha value is -1.69. The SMILES string of the molecule is CNC(C)Cc1nc(C)nc2cc(C(F)(F)F)ccc12. The van der Waals surface area contributed by atoms with Crippen molar-refractivity contribution in [1.82, 2.24) is 15.3 Å². The summed E-state index contributed by atoms with van der Waals surface area (Å²) in [6.45, 7) is 3.68. The minimum atomic E-state index is -4.36. The average molecular weight is 283 g/mol. The summed E-state index contributed by atoms with van der Waals surface area (Å²) in [6.07, 6.45) is -3.72. The number of fused-ring (bicyclic) bond motifs is 1. The van der Waals surface area contributed by atoms with E-state index in [0.717, 1.165) is 17.8 Å². The number of halogens is 3. The minimum Gasteiger partial charge on any atom is -0.317 e. The Balaban J connectivity index is 2.55. The fourth-order valence-corrected chi connectivity index (χ4v) is 2.05. The van der Waals surface area contributed by atoms with Crippen molar-refractivity contribution in [3.63, 3.8) is 0 Å². The topological polar surface area (TPSA) is 37.8 Å². The summed E-state index contributed by atoms with van der Waals surface area (Å²) in [5.41, 5.74) is 0.421. The summed E-state index contributed by atoms with van der Waals surface area (Å²) in [4.78, 5) is 8.46. The average Bonchev–Trinajstić information content (AvgIpc) is 2.36. The number of alkyl halides is 3. The van der Waals surface area contributed by atoms with Gasteiger partial charge in [0, 0.05) is 17.8 Å². The molecule has 108 valence electrons. The minimum absolute atomic E-state index is 0.190. The van der Waals surface area contributed by atoms with Crippen molar-refractivity contribution in [2.45, 2.75) is 32.5 Å². The Morgan fingerprint density at radius 2 is 1.95 bits per heavy atom. The third-order valence-electron chi connectivity index (χ3n) is 3.21. The van der Waals surface area contributed by atoms with Crippen molar-refractivity contribution >= 4 is 10.9 Å². The lowest BCUT2D eigenvalue weighted by molar-refractivity contribution is -0.137. The standard InChI is InChI=1S/C14H16F3N3/c1-8(18-3)6-12-11-5-4-10(14(15,16)17)7-13(11)20-9(2)19-12/h4-5,7-8,18H,6H2,1-3H3. The van der Waals surface area contributed by atoms with Crippen LogP contribution in [0.5, 0.6) is 0 Å². The van der Waals surface area contributed by atoms with Gasteiger partial charge in [-0.1, -0.05) is 6.07 Å². The fraction of sp³-hybridized carbons (Fsp3) is 0.429. The van der Waals surface area contributed by atoms with Crippen LogP contribution in [0.15, 0.2) is 18.2 Å². The van der Waals surface area contributed by atoms with E-state index in [1.807, 2.05) is 14.0 Å². The Labute approximate surface area is 115 Å². The van der Waals surface area contributed by atoms with E-state index in [9.17, 15) is 13.2 Å². The molecule has 20 heavy (non-hydrogen) atoms. The third kappa shape index (κ3) is 3.07. The molecule has 0 saturated heterocycles. The quantitative estimate of drug-likeness (QED) is 0.940. The number of nitrogens with one attached hydrogen (secondary N) is 1. The summed E-state index contributed by atoms with van der Waals surface area (Å²) in [6, 6.07) is 3.80. The monoisotopic (exact) mass is 283 g/mol. The number of hydrogen-bond donors (Lipinski definition) is 1. The molecule has 2 rings (SSSR count). The van der Waals surface area contributed by atoms with Crippen molar-refractivity contribution in [2.24, 2.45) is 0 Å². The van der Waals surface area contributed by atoms with E-state index in [1.165, 1.54) is 6.07 Å². The molecular formula is C14H16F3N3. The highest BCUT2D eigenvalue weighted by atomic mass is 19.4. The van der Waals surface area contributed by atoms with Gasteiger partial charge in [-0.05, 0) is 33.0 Å². The Kier molecular flexibility index (Phi) is 3.94. The second-order valence-electron chi connectivity index (χ2n) is 4.84. The number of hydrogen-bond acceptors (Lipinski definition) is 3. The van der Waals surface area contributed by atoms with Crippen LogP contribution >= 0.6 is 0 Å². The van der Waals surface area contributed by atoms with Crippen LogP contribution in [0.25, 0.3) is 10.9 Å². The van der Waals surface area contributed by atoms with Crippen molar-refractivity contribution in [2.75, 3.05) is 7.05 Å².